The highest BCUT2D eigenvalue weighted by molar-refractivity contribution is 5.80. The summed E-state index contributed by atoms with van der Waals surface area (Å²) in [6.07, 6.45) is 48.9. The van der Waals surface area contributed by atoms with Crippen LogP contribution in [0.4, 0.5) is 0 Å². The molecular formula is C38H66O4. The molecule has 242 valence electrons. The lowest BCUT2D eigenvalue weighted by atomic mass is 10.0. The second-order valence-corrected chi connectivity index (χ2v) is 11.2. The van der Waals surface area contributed by atoms with Crippen molar-refractivity contribution in [2.45, 2.75) is 168 Å². The summed E-state index contributed by atoms with van der Waals surface area (Å²) in [7, 11) is 0. The van der Waals surface area contributed by atoms with Gasteiger partial charge in [0, 0.05) is 12.5 Å². The first kappa shape index (κ1) is 41.8. The van der Waals surface area contributed by atoms with Crippen molar-refractivity contribution in [2.75, 3.05) is 0 Å². The maximum Gasteiger partial charge on any atom is 0.328 e. The quantitative estimate of drug-likeness (QED) is 0.0519. The minimum atomic E-state index is -0.884. The molecule has 4 heteroatoms. The topological polar surface area (TPSA) is 74.6 Å². The van der Waals surface area contributed by atoms with E-state index in [0.29, 0.717) is 6.42 Å². The summed E-state index contributed by atoms with van der Waals surface area (Å²) >= 11 is 0. The zero-order valence-electron chi connectivity index (χ0n) is 27.5. The van der Waals surface area contributed by atoms with Gasteiger partial charge in [-0.2, -0.15) is 0 Å². The molecule has 0 spiro atoms. The van der Waals surface area contributed by atoms with Crippen molar-refractivity contribution in [3.05, 3.63) is 60.8 Å². The fourth-order valence-corrected chi connectivity index (χ4v) is 4.46. The summed E-state index contributed by atoms with van der Waals surface area (Å²) in [6, 6.07) is 0. The molecular weight excluding hydrogens is 520 g/mol. The molecule has 0 heterocycles. The molecule has 0 aromatic carbocycles. The van der Waals surface area contributed by atoms with Gasteiger partial charge in [0.25, 0.3) is 0 Å². The van der Waals surface area contributed by atoms with Crippen LogP contribution in [0.1, 0.15) is 168 Å². The number of carboxylic acids is 2. The van der Waals surface area contributed by atoms with Crippen molar-refractivity contribution >= 4 is 11.9 Å². The number of aliphatic carboxylic acids is 2. The second-order valence-electron chi connectivity index (χ2n) is 11.2. The fraction of sp³-hybridized carbons (Fsp3) is 0.684. The summed E-state index contributed by atoms with van der Waals surface area (Å²) < 4.78 is 0. The van der Waals surface area contributed by atoms with Crippen LogP contribution in [-0.2, 0) is 9.59 Å². The molecule has 0 aromatic rings. The van der Waals surface area contributed by atoms with E-state index in [1.165, 1.54) is 122 Å². The van der Waals surface area contributed by atoms with Crippen molar-refractivity contribution in [3.8, 4) is 0 Å². The predicted molar refractivity (Wildman–Crippen MR) is 183 cm³/mol. The van der Waals surface area contributed by atoms with E-state index in [2.05, 4.69) is 56.4 Å². The van der Waals surface area contributed by atoms with E-state index in [1.54, 1.807) is 6.08 Å². The number of hydrogen-bond acceptors (Lipinski definition) is 2. The molecule has 0 aliphatic rings. The number of carboxylic acid groups (broad SMARTS) is 2. The monoisotopic (exact) mass is 586 g/mol. The first-order valence-electron chi connectivity index (χ1n) is 17.3. The van der Waals surface area contributed by atoms with Gasteiger partial charge in [-0.1, -0.05) is 178 Å². The Bertz CT molecular complexity index is 715. The van der Waals surface area contributed by atoms with E-state index in [0.717, 1.165) is 32.1 Å². The molecule has 0 fully saturated rings. The van der Waals surface area contributed by atoms with Crippen LogP contribution in [0.15, 0.2) is 60.8 Å². The largest absolute Gasteiger partial charge is 0.481 e. The number of carbonyl (C=O) groups is 2. The SMILES string of the molecule is CCCC/C=C/C=C/C=C\CCCCCCCC(=O)O.CCCCCCCCCCCCCCCC=CC=CC(=O)O. The Kier molecular flexibility index (Phi) is 38.4. The third-order valence-corrected chi connectivity index (χ3v) is 7.05. The molecule has 0 radical (unpaired) electrons. The summed E-state index contributed by atoms with van der Waals surface area (Å²) in [6.45, 7) is 4.48. The summed E-state index contributed by atoms with van der Waals surface area (Å²) in [5.41, 5.74) is 0. The third kappa shape index (κ3) is 44.7. The van der Waals surface area contributed by atoms with Crippen LogP contribution in [-0.4, -0.2) is 22.2 Å². The number of hydrogen-bond donors (Lipinski definition) is 2. The molecule has 0 aromatic heterocycles. The van der Waals surface area contributed by atoms with Crippen LogP contribution in [0, 0.1) is 0 Å². The first-order valence-corrected chi connectivity index (χ1v) is 17.3. The van der Waals surface area contributed by atoms with E-state index in [9.17, 15) is 9.59 Å². The Morgan fingerprint density at radius 3 is 1.19 bits per heavy atom. The summed E-state index contributed by atoms with van der Waals surface area (Å²) in [4.78, 5) is 20.6. The van der Waals surface area contributed by atoms with Crippen LogP contribution in [0.25, 0.3) is 0 Å². The average Bonchev–Trinajstić information content (AvgIpc) is 2.97. The second kappa shape index (κ2) is 38.6. The molecule has 0 saturated carbocycles. The number of allylic oxidation sites excluding steroid dienone is 9. The van der Waals surface area contributed by atoms with E-state index < -0.39 is 11.9 Å². The van der Waals surface area contributed by atoms with Crippen LogP contribution < -0.4 is 0 Å². The van der Waals surface area contributed by atoms with Crippen molar-refractivity contribution in [1.82, 2.24) is 0 Å². The Balaban J connectivity index is 0. The number of rotatable bonds is 29. The normalized spacial score (nSPS) is 11.9. The third-order valence-electron chi connectivity index (χ3n) is 7.05. The predicted octanol–water partition coefficient (Wildman–Crippen LogP) is 12.3. The van der Waals surface area contributed by atoms with Gasteiger partial charge in [0.15, 0.2) is 0 Å². The van der Waals surface area contributed by atoms with E-state index >= 15 is 0 Å². The van der Waals surface area contributed by atoms with Gasteiger partial charge >= 0.3 is 11.9 Å². The van der Waals surface area contributed by atoms with Crippen LogP contribution >= 0.6 is 0 Å². The Morgan fingerprint density at radius 2 is 0.786 bits per heavy atom. The minimum Gasteiger partial charge on any atom is -0.481 e. The van der Waals surface area contributed by atoms with Gasteiger partial charge in [0.1, 0.15) is 0 Å². The molecule has 0 aliphatic carbocycles. The average molecular weight is 587 g/mol. The van der Waals surface area contributed by atoms with Gasteiger partial charge in [0.05, 0.1) is 0 Å². The lowest BCUT2D eigenvalue weighted by molar-refractivity contribution is -0.137. The zero-order valence-corrected chi connectivity index (χ0v) is 27.5. The van der Waals surface area contributed by atoms with Crippen molar-refractivity contribution in [2.24, 2.45) is 0 Å². The Morgan fingerprint density at radius 1 is 0.429 bits per heavy atom. The molecule has 4 nitrogen and oxygen atoms in total. The van der Waals surface area contributed by atoms with Crippen LogP contribution in [0.3, 0.4) is 0 Å². The fourth-order valence-electron chi connectivity index (χ4n) is 4.46. The molecule has 0 amide bonds. The summed E-state index contributed by atoms with van der Waals surface area (Å²) in [5.74, 6) is -1.56. The maximum atomic E-state index is 10.3. The molecule has 2 N–H and O–H groups in total. The molecule has 0 saturated heterocycles. The van der Waals surface area contributed by atoms with Gasteiger partial charge in [-0.25, -0.2) is 4.79 Å². The maximum absolute atomic E-state index is 10.3. The Hall–Kier alpha value is -2.36. The molecule has 0 bridgehead atoms. The molecule has 0 rings (SSSR count). The minimum absolute atomic E-state index is 0.316. The molecule has 42 heavy (non-hydrogen) atoms. The van der Waals surface area contributed by atoms with Gasteiger partial charge in [-0.05, 0) is 38.5 Å². The lowest BCUT2D eigenvalue weighted by Gasteiger charge is -2.02. The highest BCUT2D eigenvalue weighted by Gasteiger charge is 1.96. The molecule has 0 aliphatic heterocycles. The molecule has 0 atom stereocenters. The van der Waals surface area contributed by atoms with E-state index in [1.807, 2.05) is 6.08 Å². The smallest absolute Gasteiger partial charge is 0.328 e. The van der Waals surface area contributed by atoms with Crippen LogP contribution in [0.5, 0.6) is 0 Å². The number of unbranched alkanes of at least 4 members (excludes halogenated alkanes) is 20. The highest BCUT2D eigenvalue weighted by Crippen LogP contribution is 2.13. The van der Waals surface area contributed by atoms with Crippen molar-refractivity contribution in [1.29, 1.82) is 0 Å². The van der Waals surface area contributed by atoms with Gasteiger partial charge in [-0.15, -0.1) is 0 Å². The van der Waals surface area contributed by atoms with Crippen molar-refractivity contribution < 1.29 is 19.8 Å². The Labute approximate surface area is 260 Å². The van der Waals surface area contributed by atoms with Gasteiger partial charge in [0.2, 0.25) is 0 Å². The van der Waals surface area contributed by atoms with Crippen molar-refractivity contribution in [3.63, 3.8) is 0 Å². The summed E-state index contributed by atoms with van der Waals surface area (Å²) in [5, 5.41) is 16.9. The first-order chi connectivity index (χ1) is 20.5. The standard InChI is InChI=1S/C20H36O2.C18H30O2/c1-2-3-4-5-6-7-8-9-10-11-12-13-14-15-16-17-18-19-20(21)22;1-2-3-4-5-6-7-8-9-10-11-12-13-14-15-16-17-18(19)20/h16-19H,2-15H2,1H3,(H,21,22);5-10H,2-4,11-17H2,1H3,(H,19,20)/b;6-5+,8-7+,10-9-. The van der Waals surface area contributed by atoms with Gasteiger partial charge < -0.3 is 10.2 Å². The van der Waals surface area contributed by atoms with Crippen LogP contribution in [0.2, 0.25) is 0 Å². The lowest BCUT2D eigenvalue weighted by Crippen LogP contribution is -1.93. The molecule has 0 unspecified atom stereocenters. The van der Waals surface area contributed by atoms with Gasteiger partial charge in [-0.3, -0.25) is 4.79 Å². The zero-order chi connectivity index (χ0) is 31.2. The highest BCUT2D eigenvalue weighted by atomic mass is 16.4. The van der Waals surface area contributed by atoms with E-state index in [4.69, 9.17) is 10.2 Å². The van der Waals surface area contributed by atoms with E-state index in [-0.39, 0.29) is 0 Å².